The number of nitrogens with one attached hydrogen (secondary N) is 1. The summed E-state index contributed by atoms with van der Waals surface area (Å²) in [5.74, 6) is 0.143. The van der Waals surface area contributed by atoms with Gasteiger partial charge in [0.15, 0.2) is 12.4 Å². The molecule has 6 rings (SSSR count). The Balaban J connectivity index is 1.47. The summed E-state index contributed by atoms with van der Waals surface area (Å²) >= 11 is 0. The van der Waals surface area contributed by atoms with Crippen molar-refractivity contribution in [1.29, 1.82) is 0 Å². The number of pyridine rings is 1. The van der Waals surface area contributed by atoms with Crippen LogP contribution in [0.2, 0.25) is 0 Å². The van der Waals surface area contributed by atoms with E-state index < -0.39 is 30.0 Å². The number of alkyl halides is 3. The van der Waals surface area contributed by atoms with Crippen molar-refractivity contribution >= 4 is 6.09 Å². The monoisotopic (exact) mass is 537 g/mol. The van der Waals surface area contributed by atoms with E-state index in [2.05, 4.69) is 10.4 Å². The third-order valence-electron chi connectivity index (χ3n) is 7.13. The molecular weight excluding hydrogens is 515 g/mol. The minimum Gasteiger partial charge on any atom is -0.468 e. The maximum absolute atomic E-state index is 13.0. The Morgan fingerprint density at radius 2 is 1.79 bits per heavy atom. The molecule has 9 nitrogen and oxygen atoms in total. The fourth-order valence-electron chi connectivity index (χ4n) is 5.17. The lowest BCUT2D eigenvalue weighted by molar-refractivity contribution is -0.143. The molecule has 0 saturated heterocycles. The highest BCUT2D eigenvalue weighted by molar-refractivity contribution is 5.83. The third-order valence-corrected chi connectivity index (χ3v) is 7.13. The number of fused-ring (bicyclic) bond motifs is 3. The van der Waals surface area contributed by atoms with Crippen LogP contribution in [-0.2, 0) is 18.7 Å². The van der Waals surface area contributed by atoms with Crippen LogP contribution in [0.15, 0.2) is 65.5 Å². The number of hydrogen-bond acceptors (Lipinski definition) is 5. The van der Waals surface area contributed by atoms with E-state index in [1.54, 1.807) is 6.07 Å². The SMILES string of the molecule is O=C(O)NC1(c2ccc(-c3nc4c(cc3-c3ccccc3)-n3c(nn(CC(F)(F)F)c3=O)CO4)cc2)CCC1. The molecule has 4 aromatic rings. The Hall–Kier alpha value is -4.61. The first-order valence-electron chi connectivity index (χ1n) is 12.2. The third kappa shape index (κ3) is 4.41. The van der Waals surface area contributed by atoms with Gasteiger partial charge in [0.05, 0.1) is 11.2 Å². The van der Waals surface area contributed by atoms with Crippen LogP contribution in [0.25, 0.3) is 28.1 Å². The van der Waals surface area contributed by atoms with Crippen LogP contribution in [0.4, 0.5) is 18.0 Å². The molecule has 39 heavy (non-hydrogen) atoms. The van der Waals surface area contributed by atoms with Gasteiger partial charge in [-0.2, -0.15) is 18.3 Å². The molecule has 3 heterocycles. The lowest BCUT2D eigenvalue weighted by Gasteiger charge is -2.42. The molecule has 12 heteroatoms. The van der Waals surface area contributed by atoms with Crippen molar-refractivity contribution in [3.05, 3.63) is 82.5 Å². The van der Waals surface area contributed by atoms with Crippen molar-refractivity contribution in [2.24, 2.45) is 0 Å². The molecule has 2 aliphatic rings. The highest BCUT2D eigenvalue weighted by Crippen LogP contribution is 2.43. The lowest BCUT2D eigenvalue weighted by atomic mass is 9.71. The van der Waals surface area contributed by atoms with Crippen molar-refractivity contribution in [2.75, 3.05) is 0 Å². The smallest absolute Gasteiger partial charge is 0.408 e. The lowest BCUT2D eigenvalue weighted by Crippen LogP contribution is -2.50. The molecule has 0 unspecified atom stereocenters. The molecule has 1 fully saturated rings. The number of rotatable bonds is 5. The fourth-order valence-corrected chi connectivity index (χ4v) is 5.17. The summed E-state index contributed by atoms with van der Waals surface area (Å²) in [5, 5.41) is 15.8. The first-order chi connectivity index (χ1) is 18.6. The highest BCUT2D eigenvalue weighted by atomic mass is 19.4. The maximum atomic E-state index is 13.0. The van der Waals surface area contributed by atoms with Gasteiger partial charge in [-0.3, -0.25) is 0 Å². The molecule has 2 aromatic carbocycles. The molecule has 0 bridgehead atoms. The second kappa shape index (κ2) is 9.00. The summed E-state index contributed by atoms with van der Waals surface area (Å²) in [4.78, 5) is 29.0. The summed E-state index contributed by atoms with van der Waals surface area (Å²) in [7, 11) is 0. The molecule has 0 spiro atoms. The molecule has 1 aliphatic carbocycles. The maximum Gasteiger partial charge on any atom is 0.408 e. The van der Waals surface area contributed by atoms with Crippen molar-refractivity contribution in [3.8, 4) is 34.0 Å². The van der Waals surface area contributed by atoms with Crippen LogP contribution in [0.1, 0.15) is 30.7 Å². The quantitative estimate of drug-likeness (QED) is 0.376. The van der Waals surface area contributed by atoms with Gasteiger partial charge in [-0.25, -0.2) is 23.8 Å². The van der Waals surface area contributed by atoms with Crippen molar-refractivity contribution < 1.29 is 27.8 Å². The Labute approximate surface area is 219 Å². The number of carbonyl (C=O) groups is 1. The molecule has 1 aliphatic heterocycles. The molecule has 2 N–H and O–H groups in total. The zero-order chi connectivity index (χ0) is 27.4. The molecule has 0 radical (unpaired) electrons. The molecular formula is C27H22F3N5O4. The Morgan fingerprint density at radius 1 is 1.08 bits per heavy atom. The Kier molecular flexibility index (Phi) is 5.70. The first kappa shape index (κ1) is 24.7. The van der Waals surface area contributed by atoms with Gasteiger partial charge in [-0.1, -0.05) is 54.6 Å². The van der Waals surface area contributed by atoms with E-state index in [1.165, 1.54) is 0 Å². The molecule has 2 aromatic heterocycles. The van der Waals surface area contributed by atoms with E-state index in [1.807, 2.05) is 54.6 Å². The van der Waals surface area contributed by atoms with Crippen LogP contribution in [0, 0.1) is 0 Å². The zero-order valence-electron chi connectivity index (χ0n) is 20.4. The van der Waals surface area contributed by atoms with Crippen LogP contribution < -0.4 is 15.7 Å². The van der Waals surface area contributed by atoms with Crippen molar-refractivity contribution in [2.45, 2.75) is 44.1 Å². The standard InChI is InChI=1S/C27H22F3N5O4/c28-27(29,30)15-34-25(38)35-20-13-19(16-5-2-1-3-6-16)22(31-23(20)39-14-21(35)33-34)17-7-9-18(10-8-17)26(11-4-12-26)32-24(36)37/h1-3,5-10,13,32H,4,11-12,14-15H2,(H,36,37). The van der Waals surface area contributed by atoms with Gasteiger partial charge in [-0.15, -0.1) is 0 Å². The van der Waals surface area contributed by atoms with Gasteiger partial charge >= 0.3 is 18.0 Å². The number of hydrogen-bond donors (Lipinski definition) is 2. The average molecular weight is 537 g/mol. The zero-order valence-corrected chi connectivity index (χ0v) is 20.4. The van der Waals surface area contributed by atoms with Gasteiger partial charge in [0, 0.05) is 11.1 Å². The fraction of sp³-hybridized carbons (Fsp3) is 0.259. The summed E-state index contributed by atoms with van der Waals surface area (Å²) < 4.78 is 46.3. The van der Waals surface area contributed by atoms with Crippen molar-refractivity contribution in [1.82, 2.24) is 24.6 Å². The predicted molar refractivity (Wildman–Crippen MR) is 134 cm³/mol. The Morgan fingerprint density at radius 3 is 2.41 bits per heavy atom. The van der Waals surface area contributed by atoms with E-state index in [0.717, 1.165) is 27.7 Å². The average Bonchev–Trinajstić information content (AvgIpc) is 3.20. The molecule has 200 valence electrons. The van der Waals surface area contributed by atoms with Crippen LogP contribution in [0.3, 0.4) is 0 Å². The van der Waals surface area contributed by atoms with E-state index in [-0.39, 0.29) is 24.0 Å². The van der Waals surface area contributed by atoms with Gasteiger partial charge in [0.2, 0.25) is 5.88 Å². The summed E-state index contributed by atoms with van der Waals surface area (Å²) in [6.45, 7) is -1.73. The summed E-state index contributed by atoms with van der Waals surface area (Å²) in [5.41, 5.74) is 2.18. The van der Waals surface area contributed by atoms with Gasteiger partial charge in [-0.05, 0) is 36.5 Å². The molecule has 1 amide bonds. The topological polar surface area (TPSA) is 111 Å². The second-order valence-electron chi connectivity index (χ2n) is 9.61. The van der Waals surface area contributed by atoms with E-state index in [0.29, 0.717) is 28.8 Å². The number of carboxylic acid groups (broad SMARTS) is 1. The van der Waals surface area contributed by atoms with E-state index in [4.69, 9.17) is 9.72 Å². The van der Waals surface area contributed by atoms with Crippen LogP contribution in [-0.4, -0.2) is 36.7 Å². The van der Waals surface area contributed by atoms with Gasteiger partial charge in [0.25, 0.3) is 0 Å². The number of halogens is 3. The highest BCUT2D eigenvalue weighted by Gasteiger charge is 2.40. The van der Waals surface area contributed by atoms with Crippen LogP contribution in [0.5, 0.6) is 5.88 Å². The second-order valence-corrected chi connectivity index (χ2v) is 9.61. The number of nitrogens with zero attached hydrogens (tertiary/aromatic N) is 4. The van der Waals surface area contributed by atoms with Crippen molar-refractivity contribution in [3.63, 3.8) is 0 Å². The number of ether oxygens (including phenoxy) is 1. The first-order valence-corrected chi connectivity index (χ1v) is 12.2. The summed E-state index contributed by atoms with van der Waals surface area (Å²) in [6.07, 6.45) is -3.35. The van der Waals surface area contributed by atoms with Crippen LogP contribution >= 0.6 is 0 Å². The van der Waals surface area contributed by atoms with E-state index >= 15 is 0 Å². The largest absolute Gasteiger partial charge is 0.468 e. The summed E-state index contributed by atoms with van der Waals surface area (Å²) in [6, 6.07) is 18.4. The Bertz CT molecular complexity index is 1620. The van der Waals surface area contributed by atoms with E-state index in [9.17, 15) is 27.9 Å². The molecule has 1 saturated carbocycles. The normalized spacial score (nSPS) is 15.5. The minimum atomic E-state index is -4.61. The number of benzene rings is 2. The number of amides is 1. The molecule has 0 atom stereocenters. The number of aromatic nitrogens is 4. The minimum absolute atomic E-state index is 0.0476. The predicted octanol–water partition coefficient (Wildman–Crippen LogP) is 4.86. The van der Waals surface area contributed by atoms with Gasteiger partial charge in [0.1, 0.15) is 12.2 Å². The van der Waals surface area contributed by atoms with Gasteiger partial charge < -0.3 is 15.2 Å².